The van der Waals surface area contributed by atoms with Crippen molar-refractivity contribution in [1.82, 2.24) is 0 Å². The fraction of sp³-hybridized carbons (Fsp3) is 0.125. The average molecular weight is 354 g/mol. The number of carbonyl (C=O) groups is 2. The number of aliphatic hydroxyl groups is 1. The summed E-state index contributed by atoms with van der Waals surface area (Å²) in [5, 5.41) is 13.5. The summed E-state index contributed by atoms with van der Waals surface area (Å²) in [6.07, 6.45) is -0.530. The zero-order valence-corrected chi connectivity index (χ0v) is 13.1. The minimum Gasteiger partial charge on any atom is -0.375 e. The van der Waals surface area contributed by atoms with Crippen molar-refractivity contribution in [1.29, 1.82) is 0 Å². The highest BCUT2D eigenvalue weighted by molar-refractivity contribution is 6.38. The smallest absolute Gasteiger partial charge is 0.261 e. The number of carbonyl (C=O) groups excluding carboxylic acids is 2. The summed E-state index contributed by atoms with van der Waals surface area (Å²) < 4.78 is 12.9. The molecule has 3 rings (SSSR count). The van der Waals surface area contributed by atoms with Gasteiger partial charge in [0.05, 0.1) is 17.1 Å². The van der Waals surface area contributed by atoms with Crippen LogP contribution in [-0.4, -0.2) is 16.8 Å². The number of hydrogen-bond donors (Lipinski definition) is 2. The fourth-order valence-corrected chi connectivity index (χ4v) is 3.07. The van der Waals surface area contributed by atoms with Gasteiger partial charge in [0.15, 0.2) is 11.4 Å². The van der Waals surface area contributed by atoms with Gasteiger partial charge in [0, 0.05) is 16.1 Å². The van der Waals surface area contributed by atoms with E-state index >= 15 is 0 Å². The minimum absolute atomic E-state index is 0.0760. The van der Waals surface area contributed by atoms with E-state index in [0.717, 1.165) is 12.1 Å². The van der Waals surface area contributed by atoms with Crippen molar-refractivity contribution in [3.8, 4) is 0 Å². The van der Waals surface area contributed by atoms with Gasteiger partial charge >= 0.3 is 0 Å². The van der Waals surface area contributed by atoms with E-state index in [2.05, 4.69) is 5.32 Å². The molecule has 0 saturated carbocycles. The molecule has 1 unspecified atom stereocenters. The second kappa shape index (κ2) is 5.60. The summed E-state index contributed by atoms with van der Waals surface area (Å²) in [4.78, 5) is 24.5. The minimum atomic E-state index is -2.12. The Balaban J connectivity index is 2.00. The maximum absolute atomic E-state index is 12.9. The Morgan fingerprint density at radius 1 is 1.13 bits per heavy atom. The SMILES string of the molecule is O=C(CC1(O)C(=O)Nc2c(Cl)ccc(Cl)c21)c1ccc(F)cc1. The number of rotatable bonds is 3. The van der Waals surface area contributed by atoms with Gasteiger partial charge in [0.2, 0.25) is 0 Å². The molecule has 1 heterocycles. The van der Waals surface area contributed by atoms with Crippen LogP contribution in [0.3, 0.4) is 0 Å². The molecule has 1 aliphatic rings. The van der Waals surface area contributed by atoms with Crippen LogP contribution in [-0.2, 0) is 10.4 Å². The van der Waals surface area contributed by atoms with Gasteiger partial charge in [-0.1, -0.05) is 23.2 Å². The van der Waals surface area contributed by atoms with Crippen molar-refractivity contribution in [3.05, 3.63) is 63.4 Å². The van der Waals surface area contributed by atoms with Gasteiger partial charge in [-0.25, -0.2) is 4.39 Å². The van der Waals surface area contributed by atoms with Crippen LogP contribution in [0.2, 0.25) is 10.0 Å². The highest BCUT2D eigenvalue weighted by Gasteiger charge is 2.49. The predicted molar refractivity (Wildman–Crippen MR) is 84.3 cm³/mol. The summed E-state index contributed by atoms with van der Waals surface area (Å²) in [6, 6.07) is 7.75. The van der Waals surface area contributed by atoms with Crippen LogP contribution < -0.4 is 5.32 Å². The normalized spacial score (nSPS) is 19.4. The summed E-state index contributed by atoms with van der Waals surface area (Å²) in [5.41, 5.74) is -1.67. The van der Waals surface area contributed by atoms with Crippen molar-refractivity contribution >= 4 is 40.6 Å². The molecule has 0 bridgehead atoms. The number of benzene rings is 2. The van der Waals surface area contributed by atoms with E-state index in [1.807, 2.05) is 0 Å². The van der Waals surface area contributed by atoms with E-state index in [-0.39, 0.29) is 26.9 Å². The van der Waals surface area contributed by atoms with Crippen molar-refractivity contribution in [2.24, 2.45) is 0 Å². The lowest BCUT2D eigenvalue weighted by Gasteiger charge is -2.21. The number of amides is 1. The molecule has 2 aromatic carbocycles. The number of nitrogens with one attached hydrogen (secondary N) is 1. The van der Waals surface area contributed by atoms with Crippen molar-refractivity contribution in [3.63, 3.8) is 0 Å². The maximum Gasteiger partial charge on any atom is 0.261 e. The monoisotopic (exact) mass is 353 g/mol. The molecule has 1 amide bonds. The Kier molecular flexibility index (Phi) is 3.88. The highest BCUT2D eigenvalue weighted by Crippen LogP contribution is 2.46. The molecule has 0 fully saturated rings. The van der Waals surface area contributed by atoms with E-state index in [4.69, 9.17) is 23.2 Å². The van der Waals surface area contributed by atoms with Crippen LogP contribution in [0.1, 0.15) is 22.3 Å². The van der Waals surface area contributed by atoms with Gasteiger partial charge in [-0.05, 0) is 36.4 Å². The first kappa shape index (κ1) is 15.9. The van der Waals surface area contributed by atoms with Crippen LogP contribution in [0, 0.1) is 5.82 Å². The van der Waals surface area contributed by atoms with E-state index < -0.39 is 29.5 Å². The Labute approximate surface area is 140 Å². The first-order valence-corrected chi connectivity index (χ1v) is 7.39. The van der Waals surface area contributed by atoms with Crippen molar-refractivity contribution in [2.45, 2.75) is 12.0 Å². The van der Waals surface area contributed by atoms with Crippen molar-refractivity contribution in [2.75, 3.05) is 5.32 Å². The quantitative estimate of drug-likeness (QED) is 0.829. The number of fused-ring (bicyclic) bond motifs is 1. The van der Waals surface area contributed by atoms with Gasteiger partial charge in [-0.3, -0.25) is 9.59 Å². The molecule has 0 radical (unpaired) electrons. The first-order chi connectivity index (χ1) is 10.8. The molecule has 7 heteroatoms. The van der Waals surface area contributed by atoms with Crippen LogP contribution in [0.5, 0.6) is 0 Å². The topological polar surface area (TPSA) is 66.4 Å². The van der Waals surface area contributed by atoms with Gasteiger partial charge in [-0.2, -0.15) is 0 Å². The molecular weight excluding hydrogens is 344 g/mol. The lowest BCUT2D eigenvalue weighted by atomic mass is 9.88. The van der Waals surface area contributed by atoms with Crippen LogP contribution >= 0.6 is 23.2 Å². The van der Waals surface area contributed by atoms with E-state index in [9.17, 15) is 19.1 Å². The Morgan fingerprint density at radius 2 is 1.74 bits per heavy atom. The zero-order chi connectivity index (χ0) is 16.8. The molecule has 1 aliphatic heterocycles. The molecule has 0 spiro atoms. The van der Waals surface area contributed by atoms with E-state index in [0.29, 0.717) is 0 Å². The molecule has 118 valence electrons. The van der Waals surface area contributed by atoms with Crippen LogP contribution in [0.4, 0.5) is 10.1 Å². The molecule has 0 aromatic heterocycles. The second-order valence-corrected chi connectivity index (χ2v) is 6.01. The third kappa shape index (κ3) is 2.61. The number of halogens is 3. The van der Waals surface area contributed by atoms with Crippen LogP contribution in [0.15, 0.2) is 36.4 Å². The summed E-state index contributed by atoms with van der Waals surface area (Å²) in [5.74, 6) is -1.79. The highest BCUT2D eigenvalue weighted by atomic mass is 35.5. The molecule has 23 heavy (non-hydrogen) atoms. The second-order valence-electron chi connectivity index (χ2n) is 5.20. The van der Waals surface area contributed by atoms with Gasteiger partial charge < -0.3 is 10.4 Å². The first-order valence-electron chi connectivity index (χ1n) is 6.64. The molecule has 4 nitrogen and oxygen atoms in total. The molecule has 1 atom stereocenters. The Hall–Kier alpha value is -1.95. The fourth-order valence-electron chi connectivity index (χ4n) is 2.55. The summed E-state index contributed by atoms with van der Waals surface area (Å²) in [6.45, 7) is 0. The predicted octanol–water partition coefficient (Wildman–Crippen LogP) is 3.55. The van der Waals surface area contributed by atoms with Crippen LogP contribution in [0.25, 0.3) is 0 Å². The Morgan fingerprint density at radius 3 is 2.39 bits per heavy atom. The number of hydrogen-bond acceptors (Lipinski definition) is 3. The average Bonchev–Trinajstić information content (AvgIpc) is 2.77. The molecule has 0 aliphatic carbocycles. The summed E-state index contributed by atoms with van der Waals surface area (Å²) in [7, 11) is 0. The van der Waals surface area contributed by atoms with Gasteiger partial charge in [-0.15, -0.1) is 0 Å². The van der Waals surface area contributed by atoms with Crippen molar-refractivity contribution < 1.29 is 19.1 Å². The third-order valence-electron chi connectivity index (χ3n) is 3.71. The maximum atomic E-state index is 12.9. The third-order valence-corrected chi connectivity index (χ3v) is 4.34. The summed E-state index contributed by atoms with van der Waals surface area (Å²) >= 11 is 12.1. The Bertz CT molecular complexity index is 823. The molecule has 2 aromatic rings. The molecule has 2 N–H and O–H groups in total. The van der Waals surface area contributed by atoms with Gasteiger partial charge in [0.25, 0.3) is 5.91 Å². The number of Topliss-reactive ketones (excluding diaryl/α,β-unsaturated/α-hetero) is 1. The van der Waals surface area contributed by atoms with E-state index in [1.165, 1.54) is 24.3 Å². The lowest BCUT2D eigenvalue weighted by molar-refractivity contribution is -0.133. The standard InChI is InChI=1S/C16H10Cl2FNO3/c17-10-5-6-11(18)14-13(10)16(23,15(22)20-14)7-12(21)8-1-3-9(19)4-2-8/h1-6,23H,7H2,(H,20,22). The van der Waals surface area contributed by atoms with Gasteiger partial charge in [0.1, 0.15) is 5.82 Å². The lowest BCUT2D eigenvalue weighted by Crippen LogP contribution is -2.36. The van der Waals surface area contributed by atoms with E-state index in [1.54, 1.807) is 0 Å². The molecule has 0 saturated heterocycles. The zero-order valence-electron chi connectivity index (χ0n) is 11.6. The largest absolute Gasteiger partial charge is 0.375 e. The molecular formula is C16H10Cl2FNO3. The number of anilines is 1. The number of ketones is 1.